The molecule has 2 rings (SSSR count). The molecule has 0 radical (unpaired) electrons. The summed E-state index contributed by atoms with van der Waals surface area (Å²) in [6.07, 6.45) is 7.19. The van der Waals surface area contributed by atoms with E-state index in [1.807, 2.05) is 11.8 Å². The Labute approximate surface area is 114 Å². The molecular formula is C12H15BrN2OS. The van der Waals surface area contributed by atoms with Crippen LogP contribution in [-0.2, 0) is 0 Å². The lowest BCUT2D eigenvalue weighted by Crippen LogP contribution is -2.38. The zero-order chi connectivity index (χ0) is 12.3. The van der Waals surface area contributed by atoms with Gasteiger partial charge in [0.15, 0.2) is 0 Å². The number of amides is 1. The fraction of sp³-hybridized carbons (Fsp3) is 0.500. The summed E-state index contributed by atoms with van der Waals surface area (Å²) in [7, 11) is 0. The number of aromatic nitrogens is 1. The van der Waals surface area contributed by atoms with Crippen LogP contribution in [0, 0.1) is 0 Å². The van der Waals surface area contributed by atoms with Crippen LogP contribution >= 0.6 is 27.7 Å². The normalized spacial score (nSPS) is 23.6. The van der Waals surface area contributed by atoms with Crippen molar-refractivity contribution >= 4 is 33.6 Å². The Morgan fingerprint density at radius 2 is 2.35 bits per heavy atom. The fourth-order valence-electron chi connectivity index (χ4n) is 2.14. The van der Waals surface area contributed by atoms with Crippen LogP contribution in [0.1, 0.15) is 29.6 Å². The predicted molar refractivity (Wildman–Crippen MR) is 74.3 cm³/mol. The summed E-state index contributed by atoms with van der Waals surface area (Å²) in [5, 5.41) is 3.66. The molecule has 92 valence electrons. The molecule has 1 amide bonds. The van der Waals surface area contributed by atoms with E-state index in [9.17, 15) is 4.79 Å². The van der Waals surface area contributed by atoms with Crippen molar-refractivity contribution in [2.45, 2.75) is 30.6 Å². The number of carbonyl (C=O) groups is 1. The molecular weight excluding hydrogens is 300 g/mol. The van der Waals surface area contributed by atoms with Crippen molar-refractivity contribution in [3.63, 3.8) is 0 Å². The summed E-state index contributed by atoms with van der Waals surface area (Å²) in [6.45, 7) is 0. The van der Waals surface area contributed by atoms with E-state index in [1.54, 1.807) is 18.3 Å². The van der Waals surface area contributed by atoms with E-state index in [0.717, 1.165) is 11.0 Å². The van der Waals surface area contributed by atoms with Crippen molar-refractivity contribution < 1.29 is 4.79 Å². The summed E-state index contributed by atoms with van der Waals surface area (Å²) >= 11 is 5.10. The molecule has 5 heteroatoms. The number of halogens is 1. The van der Waals surface area contributed by atoms with E-state index in [0.29, 0.717) is 16.9 Å². The van der Waals surface area contributed by atoms with Crippen LogP contribution < -0.4 is 5.32 Å². The van der Waals surface area contributed by atoms with Crippen molar-refractivity contribution in [3.05, 3.63) is 28.5 Å². The van der Waals surface area contributed by atoms with Crippen molar-refractivity contribution in [2.24, 2.45) is 0 Å². The number of hydrogen-bond donors (Lipinski definition) is 1. The highest BCUT2D eigenvalue weighted by Crippen LogP contribution is 2.28. The smallest absolute Gasteiger partial charge is 0.253 e. The molecule has 1 fully saturated rings. The second-order valence-corrected chi connectivity index (χ2v) is 6.04. The molecule has 0 aliphatic heterocycles. The Balaban J connectivity index is 1.99. The van der Waals surface area contributed by atoms with Crippen molar-refractivity contribution in [2.75, 3.05) is 6.26 Å². The van der Waals surface area contributed by atoms with Crippen LogP contribution in [0.15, 0.2) is 22.9 Å². The molecule has 3 nitrogen and oxygen atoms in total. The number of hydrogen-bond acceptors (Lipinski definition) is 3. The van der Waals surface area contributed by atoms with Gasteiger partial charge < -0.3 is 5.32 Å². The highest BCUT2D eigenvalue weighted by Gasteiger charge is 2.27. The lowest BCUT2D eigenvalue weighted by Gasteiger charge is -2.19. The van der Waals surface area contributed by atoms with Crippen LogP contribution in [0.2, 0.25) is 0 Å². The van der Waals surface area contributed by atoms with E-state index >= 15 is 0 Å². The Bertz CT molecular complexity index is 396. The van der Waals surface area contributed by atoms with Gasteiger partial charge in [-0.05, 0) is 47.2 Å². The van der Waals surface area contributed by atoms with E-state index in [1.165, 1.54) is 12.8 Å². The number of rotatable bonds is 3. The number of thioether (sulfide) groups is 1. The molecule has 0 bridgehead atoms. The first kappa shape index (κ1) is 12.9. The highest BCUT2D eigenvalue weighted by atomic mass is 79.9. The lowest BCUT2D eigenvalue weighted by atomic mass is 10.2. The van der Waals surface area contributed by atoms with Crippen molar-refractivity contribution in [1.29, 1.82) is 0 Å². The third kappa shape index (κ3) is 3.22. The number of nitrogens with zero attached hydrogens (tertiary/aromatic N) is 1. The van der Waals surface area contributed by atoms with Crippen LogP contribution in [0.25, 0.3) is 0 Å². The maximum atomic E-state index is 12.0. The van der Waals surface area contributed by atoms with Gasteiger partial charge in [-0.15, -0.1) is 0 Å². The van der Waals surface area contributed by atoms with Crippen LogP contribution in [0.4, 0.5) is 0 Å². The Hall–Kier alpha value is -0.550. The largest absolute Gasteiger partial charge is 0.348 e. The monoisotopic (exact) mass is 314 g/mol. The van der Waals surface area contributed by atoms with Gasteiger partial charge in [-0.1, -0.05) is 6.42 Å². The first-order valence-corrected chi connectivity index (χ1v) is 7.74. The second-order valence-electron chi connectivity index (χ2n) is 4.15. The van der Waals surface area contributed by atoms with E-state index < -0.39 is 0 Å². The van der Waals surface area contributed by atoms with Gasteiger partial charge in [0.1, 0.15) is 4.60 Å². The molecule has 1 aliphatic rings. The third-order valence-corrected chi connectivity index (χ3v) is 4.70. The first-order valence-electron chi connectivity index (χ1n) is 5.66. The molecule has 1 aliphatic carbocycles. The zero-order valence-electron chi connectivity index (χ0n) is 9.65. The minimum absolute atomic E-state index is 0.0176. The molecule has 0 spiro atoms. The lowest BCUT2D eigenvalue weighted by molar-refractivity contribution is 0.0938. The summed E-state index contributed by atoms with van der Waals surface area (Å²) in [6, 6.07) is 3.88. The molecule has 1 aromatic heterocycles. The summed E-state index contributed by atoms with van der Waals surface area (Å²) in [4.78, 5) is 16.1. The maximum absolute atomic E-state index is 12.0. The van der Waals surface area contributed by atoms with E-state index in [4.69, 9.17) is 0 Å². The minimum atomic E-state index is -0.0176. The molecule has 0 saturated heterocycles. The van der Waals surface area contributed by atoms with Crippen molar-refractivity contribution in [3.8, 4) is 0 Å². The molecule has 1 heterocycles. The van der Waals surface area contributed by atoms with Gasteiger partial charge in [0, 0.05) is 17.5 Å². The fourth-order valence-corrected chi connectivity index (χ4v) is 3.30. The number of nitrogens with one attached hydrogen (secondary N) is 1. The predicted octanol–water partition coefficient (Wildman–Crippen LogP) is 2.86. The number of carbonyl (C=O) groups excluding carboxylic acids is 1. The number of pyridine rings is 1. The maximum Gasteiger partial charge on any atom is 0.253 e. The van der Waals surface area contributed by atoms with Crippen LogP contribution in [-0.4, -0.2) is 28.4 Å². The molecule has 2 unspecified atom stereocenters. The highest BCUT2D eigenvalue weighted by molar-refractivity contribution is 9.10. The quantitative estimate of drug-likeness (QED) is 0.872. The average molecular weight is 315 g/mol. The standard InChI is InChI=1S/C12H15BrN2OS/c1-17-10-4-2-3-9(10)15-12(16)8-5-6-11(13)14-7-8/h5-7,9-10H,2-4H2,1H3,(H,15,16). The summed E-state index contributed by atoms with van der Waals surface area (Å²) < 4.78 is 0.747. The van der Waals surface area contributed by atoms with E-state index in [-0.39, 0.29) is 5.91 Å². The topological polar surface area (TPSA) is 42.0 Å². The van der Waals surface area contributed by atoms with Crippen LogP contribution in [0.5, 0.6) is 0 Å². The Kier molecular flexibility index (Phi) is 4.45. The first-order chi connectivity index (χ1) is 8.20. The zero-order valence-corrected chi connectivity index (χ0v) is 12.1. The minimum Gasteiger partial charge on any atom is -0.348 e. The van der Waals surface area contributed by atoms with Gasteiger partial charge >= 0.3 is 0 Å². The van der Waals surface area contributed by atoms with Crippen molar-refractivity contribution in [1.82, 2.24) is 10.3 Å². The Morgan fingerprint density at radius 3 is 3.00 bits per heavy atom. The summed E-state index contributed by atoms with van der Waals surface area (Å²) in [5.41, 5.74) is 0.625. The van der Waals surface area contributed by atoms with Gasteiger partial charge in [0.25, 0.3) is 5.91 Å². The van der Waals surface area contributed by atoms with Gasteiger partial charge in [-0.2, -0.15) is 11.8 Å². The average Bonchev–Trinajstić information content (AvgIpc) is 2.77. The van der Waals surface area contributed by atoms with Gasteiger partial charge in [0.05, 0.1) is 5.56 Å². The molecule has 17 heavy (non-hydrogen) atoms. The van der Waals surface area contributed by atoms with E-state index in [2.05, 4.69) is 32.5 Å². The SMILES string of the molecule is CSC1CCCC1NC(=O)c1ccc(Br)nc1. The molecule has 2 atom stereocenters. The molecule has 0 aromatic carbocycles. The summed E-state index contributed by atoms with van der Waals surface area (Å²) in [5.74, 6) is -0.0176. The molecule has 1 saturated carbocycles. The third-order valence-electron chi connectivity index (χ3n) is 3.06. The van der Waals surface area contributed by atoms with Gasteiger partial charge in [-0.3, -0.25) is 4.79 Å². The van der Waals surface area contributed by atoms with Gasteiger partial charge in [0.2, 0.25) is 0 Å². The van der Waals surface area contributed by atoms with Crippen LogP contribution in [0.3, 0.4) is 0 Å². The molecule has 1 N–H and O–H groups in total. The van der Waals surface area contributed by atoms with Gasteiger partial charge in [-0.25, -0.2) is 4.98 Å². The second kappa shape index (κ2) is 5.87. The molecule has 1 aromatic rings. The Morgan fingerprint density at radius 1 is 1.53 bits per heavy atom.